The molecular weight excluding hydrogens is 280 g/mol. The van der Waals surface area contributed by atoms with Gasteiger partial charge in [-0.25, -0.2) is 0 Å². The molecule has 0 aromatic heterocycles. The molecule has 2 saturated heterocycles. The van der Waals surface area contributed by atoms with Crippen molar-refractivity contribution in [2.45, 2.75) is 38.2 Å². The Morgan fingerprint density at radius 2 is 2.25 bits per heavy atom. The van der Waals surface area contributed by atoms with Gasteiger partial charge in [-0.2, -0.15) is 0 Å². The number of nitrogens with one attached hydrogen (secondary N) is 2. The van der Waals surface area contributed by atoms with Gasteiger partial charge >= 0.3 is 0 Å². The minimum absolute atomic E-state index is 0. The van der Waals surface area contributed by atoms with Gasteiger partial charge in [0.2, 0.25) is 5.91 Å². The van der Waals surface area contributed by atoms with Crippen molar-refractivity contribution < 1.29 is 14.3 Å². The van der Waals surface area contributed by atoms with E-state index in [-0.39, 0.29) is 24.4 Å². The molecule has 6 heteroatoms. The maximum Gasteiger partial charge on any atom is 0.222 e. The van der Waals surface area contributed by atoms with Crippen molar-refractivity contribution >= 4 is 18.3 Å². The van der Waals surface area contributed by atoms with E-state index in [0.717, 1.165) is 39.1 Å². The van der Waals surface area contributed by atoms with Gasteiger partial charge in [0.05, 0.1) is 19.3 Å². The second-order valence-electron chi connectivity index (χ2n) is 5.48. The van der Waals surface area contributed by atoms with Gasteiger partial charge < -0.3 is 20.1 Å². The highest BCUT2D eigenvalue weighted by molar-refractivity contribution is 5.85. The summed E-state index contributed by atoms with van der Waals surface area (Å²) in [7, 11) is 0. The summed E-state index contributed by atoms with van der Waals surface area (Å²) >= 11 is 0. The van der Waals surface area contributed by atoms with E-state index in [1.165, 1.54) is 12.8 Å². The highest BCUT2D eigenvalue weighted by atomic mass is 35.5. The number of carbonyl (C=O) groups is 1. The zero-order valence-electron chi connectivity index (χ0n) is 12.1. The van der Waals surface area contributed by atoms with Gasteiger partial charge in [-0.1, -0.05) is 0 Å². The Morgan fingerprint density at radius 1 is 1.35 bits per heavy atom. The maximum absolute atomic E-state index is 11.6. The van der Waals surface area contributed by atoms with Crippen LogP contribution < -0.4 is 10.6 Å². The lowest BCUT2D eigenvalue weighted by molar-refractivity contribution is -0.122. The van der Waals surface area contributed by atoms with Gasteiger partial charge in [-0.05, 0) is 44.7 Å². The fraction of sp³-hybridized carbons (Fsp3) is 0.929. The van der Waals surface area contributed by atoms with Gasteiger partial charge in [-0.3, -0.25) is 4.79 Å². The van der Waals surface area contributed by atoms with Crippen molar-refractivity contribution in [3.63, 3.8) is 0 Å². The van der Waals surface area contributed by atoms with E-state index in [0.29, 0.717) is 25.6 Å². The van der Waals surface area contributed by atoms with Crippen LogP contribution in [0.5, 0.6) is 0 Å². The molecule has 5 nitrogen and oxygen atoms in total. The molecular formula is C14H27ClN2O3. The van der Waals surface area contributed by atoms with Crippen molar-refractivity contribution in [2.75, 3.05) is 39.5 Å². The summed E-state index contributed by atoms with van der Waals surface area (Å²) in [6.07, 6.45) is 5.34. The van der Waals surface area contributed by atoms with Crippen LogP contribution in [0.3, 0.4) is 0 Å². The van der Waals surface area contributed by atoms with E-state index in [1.54, 1.807) is 0 Å². The zero-order chi connectivity index (χ0) is 13.3. The molecule has 0 bridgehead atoms. The molecule has 20 heavy (non-hydrogen) atoms. The third kappa shape index (κ3) is 6.88. The van der Waals surface area contributed by atoms with Crippen LogP contribution in [-0.4, -0.2) is 51.5 Å². The Morgan fingerprint density at radius 3 is 2.95 bits per heavy atom. The summed E-state index contributed by atoms with van der Waals surface area (Å²) in [5, 5.41) is 6.34. The molecule has 2 aliphatic rings. The molecule has 0 aliphatic carbocycles. The van der Waals surface area contributed by atoms with Crippen LogP contribution in [0, 0.1) is 5.92 Å². The van der Waals surface area contributed by atoms with Crippen molar-refractivity contribution in [1.29, 1.82) is 0 Å². The van der Waals surface area contributed by atoms with Crippen LogP contribution in [0.1, 0.15) is 32.1 Å². The second-order valence-corrected chi connectivity index (χ2v) is 5.48. The minimum atomic E-state index is 0. The minimum Gasteiger partial charge on any atom is -0.378 e. The molecule has 0 radical (unpaired) electrons. The number of hydrogen-bond donors (Lipinski definition) is 2. The lowest BCUT2D eigenvalue weighted by atomic mass is 10.00. The van der Waals surface area contributed by atoms with Crippen LogP contribution in [0.15, 0.2) is 0 Å². The summed E-state index contributed by atoms with van der Waals surface area (Å²) < 4.78 is 10.9. The average Bonchev–Trinajstić information content (AvgIpc) is 2.96. The lowest BCUT2D eigenvalue weighted by Gasteiger charge is -2.22. The Labute approximate surface area is 127 Å². The summed E-state index contributed by atoms with van der Waals surface area (Å²) in [5.41, 5.74) is 0. The first-order chi connectivity index (χ1) is 9.34. The van der Waals surface area contributed by atoms with E-state index in [9.17, 15) is 4.79 Å². The number of amides is 1. The molecule has 0 spiro atoms. The number of hydrogen-bond acceptors (Lipinski definition) is 4. The number of halogens is 1. The average molecular weight is 307 g/mol. The lowest BCUT2D eigenvalue weighted by Crippen LogP contribution is -2.38. The Bertz CT molecular complexity index is 267. The van der Waals surface area contributed by atoms with E-state index < -0.39 is 0 Å². The molecule has 118 valence electrons. The Hall–Kier alpha value is -0.360. The molecule has 2 N–H and O–H groups in total. The molecule has 2 fully saturated rings. The van der Waals surface area contributed by atoms with E-state index in [1.807, 2.05) is 0 Å². The maximum atomic E-state index is 11.6. The first-order valence-electron chi connectivity index (χ1n) is 7.51. The first kappa shape index (κ1) is 17.7. The fourth-order valence-electron chi connectivity index (χ4n) is 2.60. The third-order valence-electron chi connectivity index (χ3n) is 3.79. The highest BCUT2D eigenvalue weighted by Crippen LogP contribution is 2.12. The van der Waals surface area contributed by atoms with E-state index in [2.05, 4.69) is 10.6 Å². The second kappa shape index (κ2) is 10.4. The quantitative estimate of drug-likeness (QED) is 0.692. The molecule has 2 atom stereocenters. The molecule has 0 aromatic rings. The number of piperidine rings is 1. The predicted octanol–water partition coefficient (Wildman–Crippen LogP) is 1.11. The van der Waals surface area contributed by atoms with Crippen LogP contribution in [0.2, 0.25) is 0 Å². The summed E-state index contributed by atoms with van der Waals surface area (Å²) in [5.74, 6) is 0.684. The number of rotatable bonds is 7. The van der Waals surface area contributed by atoms with Gasteiger partial charge in [-0.15, -0.1) is 12.4 Å². The molecule has 0 saturated carbocycles. The molecule has 0 aromatic carbocycles. The fourth-order valence-corrected chi connectivity index (χ4v) is 2.60. The van der Waals surface area contributed by atoms with Gasteiger partial charge in [0.25, 0.3) is 0 Å². The monoisotopic (exact) mass is 306 g/mol. The Kier molecular flexibility index (Phi) is 9.18. The van der Waals surface area contributed by atoms with Crippen molar-refractivity contribution in [3.8, 4) is 0 Å². The summed E-state index contributed by atoms with van der Waals surface area (Å²) in [6.45, 7) is 4.90. The van der Waals surface area contributed by atoms with Crippen LogP contribution in [-0.2, 0) is 14.3 Å². The summed E-state index contributed by atoms with van der Waals surface area (Å²) in [4.78, 5) is 11.6. The molecule has 2 unspecified atom stereocenters. The topological polar surface area (TPSA) is 59.6 Å². The molecule has 2 aliphatic heterocycles. The largest absolute Gasteiger partial charge is 0.378 e. The van der Waals surface area contributed by atoms with Gasteiger partial charge in [0.15, 0.2) is 0 Å². The van der Waals surface area contributed by atoms with Crippen LogP contribution in [0.25, 0.3) is 0 Å². The number of carbonyl (C=O) groups excluding carboxylic acids is 1. The van der Waals surface area contributed by atoms with Crippen molar-refractivity contribution in [2.24, 2.45) is 5.92 Å². The Balaban J connectivity index is 0.00000200. The number of ether oxygens (including phenoxy) is 2. The summed E-state index contributed by atoms with van der Waals surface area (Å²) in [6, 6.07) is 0. The SMILES string of the molecule is Cl.O=C(CCOCC1CCCO1)NCC1CCCNC1. The molecule has 2 rings (SSSR count). The molecule has 1 amide bonds. The first-order valence-corrected chi connectivity index (χ1v) is 7.51. The predicted molar refractivity (Wildman–Crippen MR) is 80.3 cm³/mol. The molecule has 2 heterocycles. The standard InChI is InChI=1S/C14H26N2O3.ClH/c17-14(16-10-12-3-1-6-15-9-12)5-8-18-11-13-4-2-7-19-13;/h12-13,15H,1-11H2,(H,16,17);1H. The smallest absolute Gasteiger partial charge is 0.222 e. The van der Waals surface area contributed by atoms with Crippen LogP contribution in [0.4, 0.5) is 0 Å². The van der Waals surface area contributed by atoms with Gasteiger partial charge in [0.1, 0.15) is 0 Å². The normalized spacial score (nSPS) is 26.0. The van der Waals surface area contributed by atoms with E-state index in [4.69, 9.17) is 9.47 Å². The highest BCUT2D eigenvalue weighted by Gasteiger charge is 2.16. The zero-order valence-corrected chi connectivity index (χ0v) is 12.9. The van der Waals surface area contributed by atoms with Crippen molar-refractivity contribution in [1.82, 2.24) is 10.6 Å². The van der Waals surface area contributed by atoms with Gasteiger partial charge in [0, 0.05) is 19.6 Å². The van der Waals surface area contributed by atoms with Crippen molar-refractivity contribution in [3.05, 3.63) is 0 Å². The van der Waals surface area contributed by atoms with E-state index >= 15 is 0 Å². The third-order valence-corrected chi connectivity index (χ3v) is 3.79. The van der Waals surface area contributed by atoms with Crippen LogP contribution >= 0.6 is 12.4 Å².